The summed E-state index contributed by atoms with van der Waals surface area (Å²) in [7, 11) is 1.34. The Morgan fingerprint density at radius 2 is 1.68 bits per heavy atom. The lowest BCUT2D eigenvalue weighted by Crippen LogP contribution is -2.45. The number of aliphatic hydroxyl groups is 2. The standard InChI is InChI=1S/C28H24N2O8/c1-13(29-30-27(36)14-7-4-3-5-8-14)28(37)11-16-19(17(31)12-28)25(34)22-21(24(16)33)23(32)15-9-6-10-18(38-2)20(15)26(22)35/h3-10,17,31,33-34,37H,11-12H2,1-2H3,(H,30,36)/b29-13+. The van der Waals surface area contributed by atoms with Gasteiger partial charge in [0, 0.05) is 35.1 Å². The molecule has 2 unspecified atom stereocenters. The zero-order valence-electron chi connectivity index (χ0n) is 20.5. The number of hydrogen-bond donors (Lipinski definition) is 5. The third-order valence-electron chi connectivity index (χ3n) is 7.13. The molecule has 5 rings (SSSR count). The quantitative estimate of drug-likeness (QED) is 0.157. The van der Waals surface area contributed by atoms with Crippen molar-refractivity contribution in [3.8, 4) is 17.2 Å². The number of phenols is 2. The van der Waals surface area contributed by atoms with Crippen molar-refractivity contribution < 1.29 is 39.5 Å². The molecule has 0 saturated carbocycles. The van der Waals surface area contributed by atoms with Gasteiger partial charge in [-0.3, -0.25) is 14.4 Å². The maximum absolute atomic E-state index is 13.4. The predicted octanol–water partition coefficient (Wildman–Crippen LogP) is 2.40. The summed E-state index contributed by atoms with van der Waals surface area (Å²) >= 11 is 0. The Kier molecular flexibility index (Phi) is 6.01. The Hall–Kier alpha value is -4.54. The number of nitrogens with zero attached hydrogens (tertiary/aromatic N) is 1. The van der Waals surface area contributed by atoms with Gasteiger partial charge in [-0.25, -0.2) is 5.43 Å². The summed E-state index contributed by atoms with van der Waals surface area (Å²) < 4.78 is 5.23. The molecule has 3 aromatic rings. The molecule has 194 valence electrons. The van der Waals surface area contributed by atoms with Crippen molar-refractivity contribution in [2.45, 2.75) is 31.5 Å². The van der Waals surface area contributed by atoms with Gasteiger partial charge < -0.3 is 25.2 Å². The van der Waals surface area contributed by atoms with Crippen molar-refractivity contribution in [2.75, 3.05) is 7.11 Å². The summed E-state index contributed by atoms with van der Waals surface area (Å²) in [5.41, 5.74) is -0.300. The third kappa shape index (κ3) is 3.73. The van der Waals surface area contributed by atoms with Gasteiger partial charge in [-0.05, 0) is 25.1 Å². The van der Waals surface area contributed by atoms with E-state index in [-0.39, 0.29) is 46.6 Å². The van der Waals surface area contributed by atoms with Crippen molar-refractivity contribution in [3.63, 3.8) is 0 Å². The number of carbonyl (C=O) groups excluding carboxylic acids is 3. The molecule has 2 aliphatic carbocycles. The van der Waals surface area contributed by atoms with E-state index < -0.39 is 51.8 Å². The van der Waals surface area contributed by atoms with Gasteiger partial charge in [-0.2, -0.15) is 5.10 Å². The van der Waals surface area contributed by atoms with Gasteiger partial charge in [0.05, 0.1) is 35.6 Å². The summed E-state index contributed by atoms with van der Waals surface area (Å²) in [4.78, 5) is 39.2. The SMILES string of the molecule is COc1cccc2c1C(=O)c1c(O)c3c(c(O)c1C2=O)CC(O)(/C(C)=N/NC(=O)c1ccccc1)CC3O. The number of ether oxygens (including phenoxy) is 1. The fourth-order valence-electron chi connectivity index (χ4n) is 5.11. The molecule has 0 radical (unpaired) electrons. The number of fused-ring (bicyclic) bond motifs is 3. The van der Waals surface area contributed by atoms with Crippen LogP contribution in [0.1, 0.15) is 72.8 Å². The van der Waals surface area contributed by atoms with Crippen LogP contribution in [0.25, 0.3) is 0 Å². The molecule has 3 aromatic carbocycles. The third-order valence-corrected chi connectivity index (χ3v) is 7.13. The number of aliphatic hydroxyl groups excluding tert-OH is 1. The van der Waals surface area contributed by atoms with Gasteiger partial charge in [-0.15, -0.1) is 0 Å². The molecule has 1 amide bonds. The van der Waals surface area contributed by atoms with Crippen molar-refractivity contribution >= 4 is 23.2 Å². The Morgan fingerprint density at radius 3 is 2.37 bits per heavy atom. The Morgan fingerprint density at radius 1 is 1.00 bits per heavy atom. The number of hydrazone groups is 1. The second-order valence-electron chi connectivity index (χ2n) is 9.31. The molecule has 0 aliphatic heterocycles. The van der Waals surface area contributed by atoms with Crippen LogP contribution in [-0.2, 0) is 6.42 Å². The maximum atomic E-state index is 13.4. The molecular formula is C28H24N2O8. The van der Waals surface area contributed by atoms with Gasteiger partial charge in [0.15, 0.2) is 5.78 Å². The normalized spacial score (nSPS) is 20.3. The van der Waals surface area contributed by atoms with E-state index in [1.807, 2.05) is 0 Å². The first-order valence-corrected chi connectivity index (χ1v) is 11.8. The van der Waals surface area contributed by atoms with E-state index in [0.717, 1.165) is 0 Å². The second-order valence-corrected chi connectivity index (χ2v) is 9.31. The smallest absolute Gasteiger partial charge is 0.271 e. The van der Waals surface area contributed by atoms with Gasteiger partial charge in [0.1, 0.15) is 22.8 Å². The Bertz CT molecular complexity index is 1550. The minimum absolute atomic E-state index is 0.00973. The average molecular weight is 517 g/mol. The van der Waals surface area contributed by atoms with E-state index in [2.05, 4.69) is 10.5 Å². The highest BCUT2D eigenvalue weighted by Crippen LogP contribution is 2.51. The molecule has 10 heteroatoms. The van der Waals surface area contributed by atoms with Gasteiger partial charge in [-0.1, -0.05) is 30.3 Å². The Balaban J connectivity index is 1.56. The number of aromatic hydroxyl groups is 2. The van der Waals surface area contributed by atoms with E-state index in [0.29, 0.717) is 5.56 Å². The maximum Gasteiger partial charge on any atom is 0.271 e. The number of phenolic OH excluding ortho intramolecular Hbond substituents is 2. The fraction of sp³-hybridized carbons (Fsp3) is 0.214. The molecule has 0 spiro atoms. The lowest BCUT2D eigenvalue weighted by molar-refractivity contribution is 0.0261. The van der Waals surface area contributed by atoms with E-state index in [4.69, 9.17) is 4.74 Å². The van der Waals surface area contributed by atoms with E-state index in [1.165, 1.54) is 32.2 Å². The van der Waals surface area contributed by atoms with Crippen molar-refractivity contribution in [1.29, 1.82) is 0 Å². The highest BCUT2D eigenvalue weighted by Gasteiger charge is 2.46. The highest BCUT2D eigenvalue weighted by molar-refractivity contribution is 6.31. The topological polar surface area (TPSA) is 166 Å². The molecule has 38 heavy (non-hydrogen) atoms. The van der Waals surface area contributed by atoms with Crippen LogP contribution in [0.3, 0.4) is 0 Å². The molecule has 5 N–H and O–H groups in total. The number of nitrogens with one attached hydrogen (secondary N) is 1. The molecule has 2 atom stereocenters. The van der Waals surface area contributed by atoms with E-state index in [9.17, 15) is 34.8 Å². The van der Waals surface area contributed by atoms with Crippen LogP contribution in [0.5, 0.6) is 17.2 Å². The number of carbonyl (C=O) groups is 3. The monoisotopic (exact) mass is 516 g/mol. The minimum Gasteiger partial charge on any atom is -0.507 e. The predicted molar refractivity (Wildman–Crippen MR) is 135 cm³/mol. The molecule has 0 fully saturated rings. The van der Waals surface area contributed by atoms with Gasteiger partial charge in [0.2, 0.25) is 5.78 Å². The fourth-order valence-corrected chi connectivity index (χ4v) is 5.11. The summed E-state index contributed by atoms with van der Waals surface area (Å²) in [6.07, 6.45) is -2.24. The second kappa shape index (κ2) is 9.09. The number of rotatable bonds is 4. The van der Waals surface area contributed by atoms with Crippen LogP contribution in [0.2, 0.25) is 0 Å². The van der Waals surface area contributed by atoms with Crippen LogP contribution >= 0.6 is 0 Å². The van der Waals surface area contributed by atoms with E-state index in [1.54, 1.807) is 30.3 Å². The molecule has 2 aliphatic rings. The first kappa shape index (κ1) is 25.1. The Labute approximate surface area is 216 Å². The molecule has 0 bridgehead atoms. The number of methoxy groups -OCH3 is 1. The van der Waals surface area contributed by atoms with Crippen LogP contribution in [-0.4, -0.2) is 56.3 Å². The van der Waals surface area contributed by atoms with Crippen LogP contribution in [0.15, 0.2) is 53.6 Å². The van der Waals surface area contributed by atoms with Gasteiger partial charge >= 0.3 is 0 Å². The first-order chi connectivity index (χ1) is 18.1. The lowest BCUT2D eigenvalue weighted by Gasteiger charge is -2.38. The first-order valence-electron chi connectivity index (χ1n) is 11.8. The average Bonchev–Trinajstić information content (AvgIpc) is 2.91. The zero-order valence-corrected chi connectivity index (χ0v) is 20.5. The highest BCUT2D eigenvalue weighted by atomic mass is 16.5. The van der Waals surface area contributed by atoms with Crippen LogP contribution < -0.4 is 10.2 Å². The number of ketones is 2. The number of benzene rings is 3. The molecule has 0 saturated heterocycles. The molecule has 0 aromatic heterocycles. The van der Waals surface area contributed by atoms with Crippen LogP contribution in [0, 0.1) is 0 Å². The zero-order chi connectivity index (χ0) is 27.4. The summed E-state index contributed by atoms with van der Waals surface area (Å²) in [5, 5.41) is 48.7. The molecular weight excluding hydrogens is 492 g/mol. The summed E-state index contributed by atoms with van der Waals surface area (Å²) in [5.74, 6) is -3.12. The summed E-state index contributed by atoms with van der Waals surface area (Å²) in [6, 6.07) is 12.7. The van der Waals surface area contributed by atoms with E-state index >= 15 is 0 Å². The summed E-state index contributed by atoms with van der Waals surface area (Å²) in [6.45, 7) is 1.44. The van der Waals surface area contributed by atoms with Crippen LogP contribution in [0.4, 0.5) is 0 Å². The van der Waals surface area contributed by atoms with Crippen molar-refractivity contribution in [2.24, 2.45) is 5.10 Å². The number of hydrogen-bond acceptors (Lipinski definition) is 9. The molecule has 0 heterocycles. The van der Waals surface area contributed by atoms with Crippen molar-refractivity contribution in [1.82, 2.24) is 5.43 Å². The lowest BCUT2D eigenvalue weighted by atomic mass is 9.72. The van der Waals surface area contributed by atoms with Crippen molar-refractivity contribution in [3.05, 3.63) is 87.5 Å². The minimum atomic E-state index is -1.85. The van der Waals surface area contributed by atoms with Gasteiger partial charge in [0.25, 0.3) is 5.91 Å². The number of amides is 1. The largest absolute Gasteiger partial charge is 0.507 e. The molecule has 10 nitrogen and oxygen atoms in total.